The molecule has 7 heteroatoms. The summed E-state index contributed by atoms with van der Waals surface area (Å²) in [6, 6.07) is 9.50. The van der Waals surface area contributed by atoms with E-state index in [4.69, 9.17) is 9.47 Å². The van der Waals surface area contributed by atoms with Crippen LogP contribution in [0.5, 0.6) is 0 Å². The third kappa shape index (κ3) is 6.34. The molecule has 0 aliphatic carbocycles. The van der Waals surface area contributed by atoms with Crippen molar-refractivity contribution in [2.75, 3.05) is 6.61 Å². The Bertz CT molecular complexity index is 698. The summed E-state index contributed by atoms with van der Waals surface area (Å²) in [7, 11) is 0. The molecule has 1 saturated heterocycles. The summed E-state index contributed by atoms with van der Waals surface area (Å²) in [6.45, 7) is 9.11. The Morgan fingerprint density at radius 1 is 1.14 bits per heavy atom. The normalized spacial score (nSPS) is 20.6. The van der Waals surface area contributed by atoms with Crippen LogP contribution in [0.2, 0.25) is 0 Å². The molecule has 0 radical (unpaired) electrons. The molecular weight excluding hydrogens is 360 g/mol. The zero-order valence-electron chi connectivity index (χ0n) is 17.2. The fraction of sp³-hybridized carbons (Fsp3) is 0.571. The minimum absolute atomic E-state index is 0.0328. The van der Waals surface area contributed by atoms with Crippen molar-refractivity contribution < 1.29 is 23.9 Å². The Kier molecular flexibility index (Phi) is 7.18. The molecule has 1 aliphatic heterocycles. The van der Waals surface area contributed by atoms with Gasteiger partial charge < -0.3 is 14.8 Å². The van der Waals surface area contributed by atoms with Crippen molar-refractivity contribution in [2.45, 2.75) is 71.3 Å². The Morgan fingerprint density at radius 3 is 2.32 bits per heavy atom. The summed E-state index contributed by atoms with van der Waals surface area (Å²) in [6.07, 6.45) is -0.329. The molecule has 0 bridgehead atoms. The maximum absolute atomic E-state index is 12.8. The SMILES string of the molecule is CC(=O)OC[C@@H]1C[C@H]([C@@H](OC(C)=O)C(=O)NC(C)(C)C)N1Cc1ccccc1. The molecule has 1 heterocycles. The van der Waals surface area contributed by atoms with Gasteiger partial charge in [0.2, 0.25) is 0 Å². The average Bonchev–Trinajstić information content (AvgIpc) is 2.56. The second-order valence-electron chi connectivity index (χ2n) is 8.19. The number of benzene rings is 1. The van der Waals surface area contributed by atoms with Gasteiger partial charge in [-0.1, -0.05) is 30.3 Å². The fourth-order valence-electron chi connectivity index (χ4n) is 3.32. The third-order valence-electron chi connectivity index (χ3n) is 4.49. The lowest BCUT2D eigenvalue weighted by Crippen LogP contribution is -2.66. The van der Waals surface area contributed by atoms with Gasteiger partial charge in [0.15, 0.2) is 6.10 Å². The molecule has 1 aromatic carbocycles. The van der Waals surface area contributed by atoms with E-state index in [1.165, 1.54) is 13.8 Å². The number of carbonyl (C=O) groups is 3. The van der Waals surface area contributed by atoms with E-state index in [0.29, 0.717) is 13.0 Å². The Labute approximate surface area is 166 Å². The number of likely N-dealkylation sites (tertiary alicyclic amines) is 1. The molecule has 28 heavy (non-hydrogen) atoms. The number of ether oxygens (including phenoxy) is 2. The van der Waals surface area contributed by atoms with Crippen LogP contribution in [0, 0.1) is 0 Å². The van der Waals surface area contributed by atoms with Gasteiger partial charge in [0.1, 0.15) is 6.61 Å². The molecule has 154 valence electrons. The number of nitrogens with zero attached hydrogens (tertiary/aromatic N) is 1. The second kappa shape index (κ2) is 9.19. The number of esters is 2. The molecule has 0 spiro atoms. The van der Waals surface area contributed by atoms with Crippen molar-refractivity contribution in [1.29, 1.82) is 0 Å². The zero-order chi connectivity index (χ0) is 20.9. The van der Waals surface area contributed by atoms with Gasteiger partial charge in [0, 0.05) is 32.0 Å². The van der Waals surface area contributed by atoms with Gasteiger partial charge in [-0.3, -0.25) is 19.3 Å². The van der Waals surface area contributed by atoms with E-state index in [1.54, 1.807) is 0 Å². The first-order valence-corrected chi connectivity index (χ1v) is 9.49. The third-order valence-corrected chi connectivity index (χ3v) is 4.49. The van der Waals surface area contributed by atoms with E-state index >= 15 is 0 Å². The topological polar surface area (TPSA) is 84.9 Å². The lowest BCUT2D eigenvalue weighted by atomic mass is 9.87. The van der Waals surface area contributed by atoms with Crippen molar-refractivity contribution in [3.05, 3.63) is 35.9 Å². The molecule has 7 nitrogen and oxygen atoms in total. The number of hydrogen-bond donors (Lipinski definition) is 1. The van der Waals surface area contributed by atoms with Crippen LogP contribution in [0.1, 0.15) is 46.6 Å². The Morgan fingerprint density at radius 2 is 1.79 bits per heavy atom. The first kappa shape index (κ1) is 21.9. The van der Waals surface area contributed by atoms with Crippen LogP contribution in [-0.2, 0) is 30.4 Å². The van der Waals surface area contributed by atoms with Gasteiger partial charge in [-0.15, -0.1) is 0 Å². The van der Waals surface area contributed by atoms with Crippen LogP contribution in [0.4, 0.5) is 0 Å². The first-order chi connectivity index (χ1) is 13.1. The summed E-state index contributed by atoms with van der Waals surface area (Å²) in [5.74, 6) is -1.17. The van der Waals surface area contributed by atoms with Gasteiger partial charge >= 0.3 is 11.9 Å². The van der Waals surface area contributed by atoms with E-state index < -0.39 is 17.6 Å². The van der Waals surface area contributed by atoms with Crippen LogP contribution in [0.3, 0.4) is 0 Å². The van der Waals surface area contributed by atoms with E-state index in [1.807, 2.05) is 51.1 Å². The first-order valence-electron chi connectivity index (χ1n) is 9.49. The summed E-state index contributed by atoms with van der Waals surface area (Å²) in [5, 5.41) is 2.90. The molecule has 1 amide bonds. The standard InChI is InChI=1S/C21H30N2O5/c1-14(24)27-13-17-11-18(23(17)12-16-9-7-6-8-10-16)19(28-15(2)25)20(26)22-21(3,4)5/h6-10,17-19H,11-13H2,1-5H3,(H,22,26)/t17-,18+,19+/m0/s1. The van der Waals surface area contributed by atoms with Crippen LogP contribution in [-0.4, -0.2) is 53.1 Å². The number of amides is 1. The molecule has 2 rings (SSSR count). The highest BCUT2D eigenvalue weighted by molar-refractivity contribution is 5.84. The highest BCUT2D eigenvalue weighted by Crippen LogP contribution is 2.32. The van der Waals surface area contributed by atoms with Crippen molar-refractivity contribution in [3.63, 3.8) is 0 Å². The van der Waals surface area contributed by atoms with Gasteiger partial charge in [-0.2, -0.15) is 0 Å². The van der Waals surface area contributed by atoms with Crippen LogP contribution < -0.4 is 5.32 Å². The number of rotatable bonds is 7. The largest absolute Gasteiger partial charge is 0.464 e. The predicted molar refractivity (Wildman–Crippen MR) is 104 cm³/mol. The van der Waals surface area contributed by atoms with Crippen molar-refractivity contribution >= 4 is 17.8 Å². The van der Waals surface area contributed by atoms with Gasteiger partial charge in [-0.05, 0) is 32.8 Å². The fourth-order valence-corrected chi connectivity index (χ4v) is 3.32. The van der Waals surface area contributed by atoms with E-state index in [2.05, 4.69) is 10.2 Å². The summed E-state index contributed by atoms with van der Waals surface area (Å²) >= 11 is 0. The van der Waals surface area contributed by atoms with Crippen molar-refractivity contribution in [2.24, 2.45) is 0 Å². The molecule has 1 aromatic rings. The number of nitrogens with one attached hydrogen (secondary N) is 1. The quantitative estimate of drug-likeness (QED) is 0.717. The number of carbonyl (C=O) groups excluding carboxylic acids is 3. The van der Waals surface area contributed by atoms with Crippen molar-refractivity contribution in [3.8, 4) is 0 Å². The Hall–Kier alpha value is -2.41. The zero-order valence-corrected chi connectivity index (χ0v) is 17.2. The van der Waals surface area contributed by atoms with E-state index in [0.717, 1.165) is 5.56 Å². The van der Waals surface area contributed by atoms with Crippen LogP contribution in [0.15, 0.2) is 30.3 Å². The Balaban J connectivity index is 2.19. The molecule has 1 N–H and O–H groups in total. The molecular formula is C21H30N2O5. The average molecular weight is 390 g/mol. The van der Waals surface area contributed by atoms with Gasteiger partial charge in [0.25, 0.3) is 5.91 Å². The minimum Gasteiger partial charge on any atom is -0.464 e. The van der Waals surface area contributed by atoms with Crippen LogP contribution >= 0.6 is 0 Å². The van der Waals surface area contributed by atoms with E-state index in [9.17, 15) is 14.4 Å². The molecule has 0 unspecified atom stereocenters. The molecule has 0 aromatic heterocycles. The highest BCUT2D eigenvalue weighted by Gasteiger charge is 2.47. The second-order valence-corrected chi connectivity index (χ2v) is 8.19. The molecule has 1 fully saturated rings. The van der Waals surface area contributed by atoms with Crippen LogP contribution in [0.25, 0.3) is 0 Å². The smallest absolute Gasteiger partial charge is 0.303 e. The lowest BCUT2D eigenvalue weighted by molar-refractivity contribution is -0.170. The van der Waals surface area contributed by atoms with Gasteiger partial charge in [-0.25, -0.2) is 0 Å². The number of hydrogen-bond acceptors (Lipinski definition) is 6. The molecule has 0 saturated carbocycles. The molecule has 1 aliphatic rings. The van der Waals surface area contributed by atoms with Gasteiger partial charge in [0.05, 0.1) is 6.04 Å². The van der Waals surface area contributed by atoms with E-state index in [-0.39, 0.29) is 30.6 Å². The lowest BCUT2D eigenvalue weighted by Gasteiger charge is -2.50. The maximum Gasteiger partial charge on any atom is 0.303 e. The molecule has 3 atom stereocenters. The summed E-state index contributed by atoms with van der Waals surface area (Å²) < 4.78 is 10.6. The predicted octanol–water partition coefficient (Wildman–Crippen LogP) is 2.04. The minimum atomic E-state index is -0.922. The summed E-state index contributed by atoms with van der Waals surface area (Å²) in [4.78, 5) is 37.7. The summed E-state index contributed by atoms with van der Waals surface area (Å²) in [5.41, 5.74) is 0.624. The van der Waals surface area contributed by atoms with Crippen molar-refractivity contribution in [1.82, 2.24) is 10.2 Å². The maximum atomic E-state index is 12.8. The highest BCUT2D eigenvalue weighted by atomic mass is 16.6. The monoisotopic (exact) mass is 390 g/mol.